The first-order valence-electron chi connectivity index (χ1n) is 11.2. The topological polar surface area (TPSA) is 66.5 Å². The van der Waals surface area contributed by atoms with Gasteiger partial charge in [0, 0.05) is 6.54 Å². The molecule has 0 radical (unpaired) electrons. The van der Waals surface area contributed by atoms with Crippen molar-refractivity contribution in [1.29, 1.82) is 0 Å². The summed E-state index contributed by atoms with van der Waals surface area (Å²) >= 11 is 0. The van der Waals surface area contributed by atoms with Crippen LogP contribution >= 0.6 is 0 Å². The fraction of sp³-hybridized carbons (Fsp3) is 0.296. The Morgan fingerprint density at radius 1 is 0.848 bits per heavy atom. The van der Waals surface area contributed by atoms with Crippen LogP contribution in [-0.4, -0.2) is 27.4 Å². The molecule has 0 bridgehead atoms. The van der Waals surface area contributed by atoms with Crippen molar-refractivity contribution in [3.63, 3.8) is 0 Å². The summed E-state index contributed by atoms with van der Waals surface area (Å²) in [5.41, 5.74) is 5.65. The molecule has 0 aliphatic heterocycles. The summed E-state index contributed by atoms with van der Waals surface area (Å²) in [7, 11) is -3.91. The first-order valence-corrected chi connectivity index (χ1v) is 12.6. The monoisotopic (exact) mass is 464 g/mol. The fourth-order valence-corrected chi connectivity index (χ4v) is 5.18. The van der Waals surface area contributed by atoms with Crippen LogP contribution in [0.2, 0.25) is 0 Å². The number of nitrogens with one attached hydrogen (secondary N) is 1. The summed E-state index contributed by atoms with van der Waals surface area (Å²) in [6, 6.07) is 20.6. The van der Waals surface area contributed by atoms with Crippen molar-refractivity contribution >= 4 is 21.6 Å². The lowest BCUT2D eigenvalue weighted by molar-refractivity contribution is -0.119. The van der Waals surface area contributed by atoms with Gasteiger partial charge in [-0.1, -0.05) is 59.7 Å². The van der Waals surface area contributed by atoms with Crippen molar-refractivity contribution in [2.45, 2.75) is 45.4 Å². The predicted octanol–water partition coefficient (Wildman–Crippen LogP) is 4.86. The Morgan fingerprint density at radius 3 is 2.21 bits per heavy atom. The van der Waals surface area contributed by atoms with Gasteiger partial charge in [-0.05, 0) is 75.4 Å². The molecular weight excluding hydrogens is 432 g/mol. The number of rotatable bonds is 9. The number of hydrogen-bond acceptors (Lipinski definition) is 3. The normalized spacial score (nSPS) is 11.3. The third-order valence-electron chi connectivity index (χ3n) is 5.58. The summed E-state index contributed by atoms with van der Waals surface area (Å²) in [5.74, 6) is -0.323. The Labute approximate surface area is 197 Å². The van der Waals surface area contributed by atoms with Gasteiger partial charge in [0.15, 0.2) is 0 Å². The predicted molar refractivity (Wildman–Crippen MR) is 134 cm³/mol. The third-order valence-corrected chi connectivity index (χ3v) is 7.35. The minimum absolute atomic E-state index is 0.168. The van der Waals surface area contributed by atoms with Crippen LogP contribution < -0.4 is 9.62 Å². The minimum atomic E-state index is -3.91. The molecule has 3 aromatic rings. The van der Waals surface area contributed by atoms with E-state index >= 15 is 0 Å². The average Bonchev–Trinajstić information content (AvgIpc) is 2.77. The molecule has 6 heteroatoms. The number of benzene rings is 3. The quantitative estimate of drug-likeness (QED) is 0.460. The van der Waals surface area contributed by atoms with Crippen LogP contribution in [0.3, 0.4) is 0 Å². The van der Waals surface area contributed by atoms with Crippen LogP contribution in [0.25, 0.3) is 0 Å². The summed E-state index contributed by atoms with van der Waals surface area (Å²) in [4.78, 5) is 13.0. The van der Waals surface area contributed by atoms with Crippen LogP contribution in [0.4, 0.5) is 5.69 Å². The van der Waals surface area contributed by atoms with E-state index in [2.05, 4.69) is 30.4 Å². The Hall–Kier alpha value is -3.12. The minimum Gasteiger partial charge on any atom is -0.355 e. The van der Waals surface area contributed by atoms with Gasteiger partial charge in [0.1, 0.15) is 6.54 Å². The molecule has 1 amide bonds. The van der Waals surface area contributed by atoms with Gasteiger partial charge >= 0.3 is 0 Å². The molecule has 0 atom stereocenters. The maximum Gasteiger partial charge on any atom is 0.264 e. The fourth-order valence-electron chi connectivity index (χ4n) is 3.70. The van der Waals surface area contributed by atoms with Gasteiger partial charge in [0.05, 0.1) is 10.6 Å². The number of nitrogens with zero attached hydrogens (tertiary/aromatic N) is 1. The van der Waals surface area contributed by atoms with Gasteiger partial charge in [0.25, 0.3) is 10.0 Å². The Kier molecular flexibility index (Phi) is 7.92. The van der Waals surface area contributed by atoms with E-state index in [0.29, 0.717) is 12.2 Å². The number of carbonyl (C=O) groups excluding carboxylic acids is 1. The lowest BCUT2D eigenvalue weighted by Crippen LogP contribution is -2.41. The second-order valence-corrected chi connectivity index (χ2v) is 10.4. The van der Waals surface area contributed by atoms with Crippen LogP contribution in [0.15, 0.2) is 71.6 Å². The SMILES string of the molecule is Cc1ccc(S(=O)(=O)N(CC(=O)NCCCc2cccc(C)c2)c2cc(C)ccc2C)cc1. The van der Waals surface area contributed by atoms with Crippen LogP contribution in [0.5, 0.6) is 0 Å². The maximum absolute atomic E-state index is 13.5. The van der Waals surface area contributed by atoms with E-state index in [4.69, 9.17) is 0 Å². The zero-order valence-corrected chi connectivity index (χ0v) is 20.6. The molecule has 0 fully saturated rings. The van der Waals surface area contributed by atoms with E-state index in [1.54, 1.807) is 24.3 Å². The molecule has 0 unspecified atom stereocenters. The van der Waals surface area contributed by atoms with Crippen molar-refractivity contribution in [2.24, 2.45) is 0 Å². The Bertz CT molecular complexity index is 1220. The van der Waals surface area contributed by atoms with E-state index in [0.717, 1.165) is 29.5 Å². The molecule has 0 spiro atoms. The number of aryl methyl sites for hydroxylation is 5. The standard InChI is InChI=1S/C27H32N2O3S/c1-20-11-14-25(15-12-20)33(31,32)29(26-18-22(3)10-13-23(26)4)19-27(30)28-16-6-9-24-8-5-7-21(2)17-24/h5,7-8,10-15,17-18H,6,9,16,19H2,1-4H3,(H,28,30). The molecule has 0 saturated carbocycles. The average molecular weight is 465 g/mol. The Balaban J connectivity index is 1.76. The van der Waals surface area contributed by atoms with E-state index in [1.165, 1.54) is 15.4 Å². The molecule has 0 heterocycles. The number of carbonyl (C=O) groups is 1. The highest BCUT2D eigenvalue weighted by Gasteiger charge is 2.28. The van der Waals surface area contributed by atoms with Crippen LogP contribution in [0, 0.1) is 27.7 Å². The zero-order valence-electron chi connectivity index (χ0n) is 19.8. The second kappa shape index (κ2) is 10.7. The van der Waals surface area contributed by atoms with Gasteiger partial charge in [-0.2, -0.15) is 0 Å². The lowest BCUT2D eigenvalue weighted by Gasteiger charge is -2.26. The van der Waals surface area contributed by atoms with Crippen molar-refractivity contribution in [3.8, 4) is 0 Å². The number of sulfonamides is 1. The largest absolute Gasteiger partial charge is 0.355 e. The summed E-state index contributed by atoms with van der Waals surface area (Å²) in [5, 5.41) is 2.89. The van der Waals surface area contributed by atoms with E-state index in [-0.39, 0.29) is 17.3 Å². The third kappa shape index (κ3) is 6.45. The molecule has 0 aliphatic rings. The van der Waals surface area contributed by atoms with Gasteiger partial charge in [-0.3, -0.25) is 9.10 Å². The summed E-state index contributed by atoms with van der Waals surface area (Å²) < 4.78 is 28.3. The van der Waals surface area contributed by atoms with Gasteiger partial charge in [-0.15, -0.1) is 0 Å². The Morgan fingerprint density at radius 2 is 1.52 bits per heavy atom. The number of amides is 1. The van der Waals surface area contributed by atoms with Crippen LogP contribution in [0.1, 0.15) is 34.2 Å². The van der Waals surface area contributed by atoms with Gasteiger partial charge < -0.3 is 5.32 Å². The molecule has 3 rings (SSSR count). The number of hydrogen-bond donors (Lipinski definition) is 1. The van der Waals surface area contributed by atoms with Crippen molar-refractivity contribution < 1.29 is 13.2 Å². The van der Waals surface area contributed by atoms with E-state index < -0.39 is 10.0 Å². The maximum atomic E-state index is 13.5. The smallest absolute Gasteiger partial charge is 0.264 e. The zero-order chi connectivity index (χ0) is 24.0. The molecule has 0 aliphatic carbocycles. The first kappa shape index (κ1) is 24.5. The number of anilines is 1. The van der Waals surface area contributed by atoms with Crippen molar-refractivity contribution in [2.75, 3.05) is 17.4 Å². The molecule has 0 aromatic heterocycles. The molecular formula is C27H32N2O3S. The van der Waals surface area contributed by atoms with Crippen molar-refractivity contribution in [3.05, 3.63) is 94.5 Å². The molecule has 174 valence electrons. The molecule has 0 saturated heterocycles. The van der Waals surface area contributed by atoms with E-state index in [1.807, 2.05) is 45.0 Å². The molecule has 3 aromatic carbocycles. The molecule has 1 N–H and O–H groups in total. The highest BCUT2D eigenvalue weighted by atomic mass is 32.2. The van der Waals surface area contributed by atoms with Crippen LogP contribution in [-0.2, 0) is 21.2 Å². The van der Waals surface area contributed by atoms with E-state index in [9.17, 15) is 13.2 Å². The highest BCUT2D eigenvalue weighted by molar-refractivity contribution is 7.92. The summed E-state index contributed by atoms with van der Waals surface area (Å²) in [6.07, 6.45) is 1.63. The van der Waals surface area contributed by atoms with Crippen molar-refractivity contribution in [1.82, 2.24) is 5.32 Å². The second-order valence-electron chi connectivity index (χ2n) is 8.56. The highest BCUT2D eigenvalue weighted by Crippen LogP contribution is 2.28. The summed E-state index contributed by atoms with van der Waals surface area (Å²) in [6.45, 7) is 7.94. The molecule has 33 heavy (non-hydrogen) atoms. The lowest BCUT2D eigenvalue weighted by atomic mass is 10.1. The van der Waals surface area contributed by atoms with Gasteiger partial charge in [-0.25, -0.2) is 8.42 Å². The first-order chi connectivity index (χ1) is 15.7. The molecule has 5 nitrogen and oxygen atoms in total. The van der Waals surface area contributed by atoms with Gasteiger partial charge in [0.2, 0.25) is 5.91 Å².